The molecule has 0 unspecified atom stereocenters. The second-order valence-corrected chi connectivity index (χ2v) is 5.98. The molecule has 0 atom stereocenters. The predicted octanol–water partition coefficient (Wildman–Crippen LogP) is 4.76. The van der Waals surface area contributed by atoms with Crippen LogP contribution in [0.1, 0.15) is 18.1 Å². The van der Waals surface area contributed by atoms with Crippen LogP contribution in [0.4, 0.5) is 18.9 Å². The SMILES string of the molecule is CCOC(=O)COc1c(Cl)cc(/C=N\Nc2cccc(C(F)(F)F)c2)cc1OC. The average Bonchev–Trinajstić information content (AvgIpc) is 2.66. The molecule has 2 rings (SSSR count). The first kappa shape index (κ1) is 22.4. The number of benzene rings is 2. The Bertz CT molecular complexity index is 888. The molecule has 0 radical (unpaired) electrons. The lowest BCUT2D eigenvalue weighted by Gasteiger charge is -2.12. The van der Waals surface area contributed by atoms with Crippen molar-refractivity contribution in [3.05, 3.63) is 52.5 Å². The molecule has 0 spiro atoms. The van der Waals surface area contributed by atoms with Gasteiger partial charge in [0, 0.05) is 0 Å². The fourth-order valence-electron chi connectivity index (χ4n) is 2.23. The second-order valence-electron chi connectivity index (χ2n) is 5.58. The van der Waals surface area contributed by atoms with Gasteiger partial charge in [-0.05, 0) is 42.8 Å². The maximum Gasteiger partial charge on any atom is 0.416 e. The van der Waals surface area contributed by atoms with Crippen LogP contribution in [-0.2, 0) is 15.7 Å². The number of nitrogens with one attached hydrogen (secondary N) is 1. The average molecular weight is 431 g/mol. The van der Waals surface area contributed by atoms with Crippen molar-refractivity contribution < 1.29 is 32.2 Å². The van der Waals surface area contributed by atoms with Crippen molar-refractivity contribution in [3.63, 3.8) is 0 Å². The molecule has 0 saturated heterocycles. The molecule has 0 fully saturated rings. The largest absolute Gasteiger partial charge is 0.493 e. The highest BCUT2D eigenvalue weighted by atomic mass is 35.5. The first-order chi connectivity index (χ1) is 13.7. The van der Waals surface area contributed by atoms with E-state index in [1.165, 1.54) is 31.5 Å². The number of hydrogen-bond acceptors (Lipinski definition) is 6. The molecule has 2 aromatic rings. The maximum absolute atomic E-state index is 12.7. The molecule has 1 N–H and O–H groups in total. The number of methoxy groups -OCH3 is 1. The molecule has 0 aliphatic heterocycles. The van der Waals surface area contributed by atoms with Gasteiger partial charge in [-0.25, -0.2) is 4.79 Å². The van der Waals surface area contributed by atoms with E-state index < -0.39 is 17.7 Å². The van der Waals surface area contributed by atoms with Gasteiger partial charge >= 0.3 is 12.1 Å². The fourth-order valence-corrected chi connectivity index (χ4v) is 2.51. The molecule has 156 valence electrons. The molecule has 10 heteroatoms. The van der Waals surface area contributed by atoms with Crippen molar-refractivity contribution in [1.29, 1.82) is 0 Å². The zero-order valence-corrected chi connectivity index (χ0v) is 16.3. The number of esters is 1. The lowest BCUT2D eigenvalue weighted by molar-refractivity contribution is -0.145. The minimum Gasteiger partial charge on any atom is -0.493 e. The standard InChI is InChI=1S/C19H18ClF3N2O4/c1-3-28-17(26)11-29-18-15(20)7-12(8-16(18)27-2)10-24-25-14-6-4-5-13(9-14)19(21,22)23/h4-10,25H,3,11H2,1-2H3/b24-10-. The fraction of sp³-hybridized carbons (Fsp3) is 0.263. The van der Waals surface area contributed by atoms with E-state index in [9.17, 15) is 18.0 Å². The summed E-state index contributed by atoms with van der Waals surface area (Å²) in [7, 11) is 1.39. The van der Waals surface area contributed by atoms with Crippen molar-refractivity contribution in [2.75, 3.05) is 25.7 Å². The Morgan fingerprint density at radius 2 is 2.03 bits per heavy atom. The Morgan fingerprint density at radius 3 is 2.69 bits per heavy atom. The predicted molar refractivity (Wildman–Crippen MR) is 103 cm³/mol. The second kappa shape index (κ2) is 10.0. The van der Waals surface area contributed by atoms with Gasteiger partial charge in [-0.3, -0.25) is 5.43 Å². The monoisotopic (exact) mass is 430 g/mol. The molecule has 0 bridgehead atoms. The molecule has 0 saturated carbocycles. The summed E-state index contributed by atoms with van der Waals surface area (Å²) in [5.74, 6) is -0.144. The van der Waals surface area contributed by atoms with Crippen LogP contribution in [0.15, 0.2) is 41.5 Å². The van der Waals surface area contributed by atoms with Crippen LogP contribution in [0.5, 0.6) is 11.5 Å². The number of halogens is 4. The van der Waals surface area contributed by atoms with Crippen molar-refractivity contribution in [3.8, 4) is 11.5 Å². The van der Waals surface area contributed by atoms with Crippen molar-refractivity contribution in [1.82, 2.24) is 0 Å². The summed E-state index contributed by atoms with van der Waals surface area (Å²) >= 11 is 6.18. The summed E-state index contributed by atoms with van der Waals surface area (Å²) in [5, 5.41) is 4.07. The van der Waals surface area contributed by atoms with Gasteiger partial charge in [0.25, 0.3) is 0 Å². The molecule has 0 aromatic heterocycles. The van der Waals surface area contributed by atoms with Crippen molar-refractivity contribution in [2.45, 2.75) is 13.1 Å². The summed E-state index contributed by atoms with van der Waals surface area (Å²) in [6.45, 7) is 1.56. The number of anilines is 1. The molecule has 6 nitrogen and oxygen atoms in total. The van der Waals surface area contributed by atoms with E-state index in [0.717, 1.165) is 12.1 Å². The van der Waals surface area contributed by atoms with Crippen LogP contribution in [0.25, 0.3) is 0 Å². The van der Waals surface area contributed by atoms with Crippen LogP contribution in [-0.4, -0.2) is 32.5 Å². The quantitative estimate of drug-likeness (QED) is 0.371. The third kappa shape index (κ3) is 6.56. The molecular weight excluding hydrogens is 413 g/mol. The smallest absolute Gasteiger partial charge is 0.416 e. The molecule has 0 amide bonds. The van der Waals surface area contributed by atoms with E-state index >= 15 is 0 Å². The number of ether oxygens (including phenoxy) is 3. The number of rotatable bonds is 8. The topological polar surface area (TPSA) is 69.2 Å². The van der Waals surface area contributed by atoms with Crippen LogP contribution in [0.2, 0.25) is 5.02 Å². The number of alkyl halides is 3. The van der Waals surface area contributed by atoms with Gasteiger partial charge in [0.2, 0.25) is 0 Å². The first-order valence-corrected chi connectivity index (χ1v) is 8.74. The van der Waals surface area contributed by atoms with E-state index in [4.69, 9.17) is 25.8 Å². The van der Waals surface area contributed by atoms with Gasteiger partial charge in [0.15, 0.2) is 18.1 Å². The van der Waals surface area contributed by atoms with E-state index in [0.29, 0.717) is 5.56 Å². The number of hydrogen-bond donors (Lipinski definition) is 1. The minimum atomic E-state index is -4.44. The highest BCUT2D eigenvalue weighted by molar-refractivity contribution is 6.32. The highest BCUT2D eigenvalue weighted by Crippen LogP contribution is 2.36. The molecule has 2 aromatic carbocycles. The zero-order valence-electron chi connectivity index (χ0n) is 15.5. The molecule has 0 aliphatic carbocycles. The Kier molecular flexibility index (Phi) is 7.72. The number of hydrazone groups is 1. The van der Waals surface area contributed by atoms with E-state index in [1.807, 2.05) is 0 Å². The normalized spacial score (nSPS) is 11.4. The van der Waals surface area contributed by atoms with Gasteiger partial charge in [0.05, 0.1) is 36.2 Å². The summed E-state index contributed by atoms with van der Waals surface area (Å²) in [6, 6.07) is 7.68. The van der Waals surface area contributed by atoms with Gasteiger partial charge in [-0.1, -0.05) is 17.7 Å². The van der Waals surface area contributed by atoms with Gasteiger partial charge in [-0.2, -0.15) is 18.3 Å². The summed E-state index contributed by atoms with van der Waals surface area (Å²) < 4.78 is 53.6. The first-order valence-electron chi connectivity index (χ1n) is 8.37. The molecule has 0 heterocycles. The number of nitrogens with zero attached hydrogens (tertiary/aromatic N) is 1. The Hall–Kier alpha value is -2.94. The third-order valence-corrected chi connectivity index (χ3v) is 3.77. The van der Waals surface area contributed by atoms with E-state index in [2.05, 4.69) is 10.5 Å². The van der Waals surface area contributed by atoms with Crippen LogP contribution in [0, 0.1) is 0 Å². The third-order valence-electron chi connectivity index (χ3n) is 3.49. The van der Waals surface area contributed by atoms with Gasteiger partial charge in [-0.15, -0.1) is 0 Å². The number of carbonyl (C=O) groups excluding carboxylic acids is 1. The Labute approximate surface area is 170 Å². The minimum absolute atomic E-state index is 0.158. The number of carbonyl (C=O) groups is 1. The Morgan fingerprint density at radius 1 is 1.28 bits per heavy atom. The summed E-state index contributed by atoms with van der Waals surface area (Å²) in [4.78, 5) is 11.4. The summed E-state index contributed by atoms with van der Waals surface area (Å²) in [6.07, 6.45) is -3.09. The summed E-state index contributed by atoms with van der Waals surface area (Å²) in [5.41, 5.74) is 2.40. The Balaban J connectivity index is 2.11. The lowest BCUT2D eigenvalue weighted by Crippen LogP contribution is -2.15. The van der Waals surface area contributed by atoms with Gasteiger partial charge in [0.1, 0.15) is 0 Å². The van der Waals surface area contributed by atoms with Crippen LogP contribution < -0.4 is 14.9 Å². The highest BCUT2D eigenvalue weighted by Gasteiger charge is 2.30. The molecule has 0 aliphatic rings. The molecule has 29 heavy (non-hydrogen) atoms. The lowest BCUT2D eigenvalue weighted by atomic mass is 10.2. The van der Waals surface area contributed by atoms with E-state index in [-0.39, 0.29) is 35.4 Å². The molecular formula is C19H18ClF3N2O4. The van der Waals surface area contributed by atoms with E-state index in [1.54, 1.807) is 13.0 Å². The van der Waals surface area contributed by atoms with Gasteiger partial charge < -0.3 is 14.2 Å². The van der Waals surface area contributed by atoms with Crippen LogP contribution >= 0.6 is 11.6 Å². The maximum atomic E-state index is 12.7. The van der Waals surface area contributed by atoms with Crippen LogP contribution in [0.3, 0.4) is 0 Å². The zero-order chi connectivity index (χ0) is 21.4. The van der Waals surface area contributed by atoms with Crippen molar-refractivity contribution in [2.24, 2.45) is 5.10 Å². The van der Waals surface area contributed by atoms with Crippen molar-refractivity contribution >= 4 is 29.5 Å².